The van der Waals surface area contributed by atoms with Gasteiger partial charge in [0.25, 0.3) is 0 Å². The summed E-state index contributed by atoms with van der Waals surface area (Å²) in [5.41, 5.74) is 1.57. The highest BCUT2D eigenvalue weighted by molar-refractivity contribution is 6.31. The lowest BCUT2D eigenvalue weighted by Crippen LogP contribution is -2.54. The quantitative estimate of drug-likeness (QED) is 0.887. The lowest BCUT2D eigenvalue weighted by molar-refractivity contribution is -0.0353. The van der Waals surface area contributed by atoms with Crippen molar-refractivity contribution in [1.29, 1.82) is 0 Å². The zero-order valence-corrected chi connectivity index (χ0v) is 15.1. The van der Waals surface area contributed by atoms with Crippen molar-refractivity contribution in [2.24, 2.45) is 5.41 Å². The number of hydrogen-bond donors (Lipinski definition) is 2. The normalized spacial score (nSPS) is 24.5. The molecule has 2 atom stereocenters. The molecule has 0 aliphatic carbocycles. The second-order valence-corrected chi connectivity index (χ2v) is 7.39. The van der Waals surface area contributed by atoms with Gasteiger partial charge in [-0.25, -0.2) is 4.98 Å². The highest BCUT2D eigenvalue weighted by Crippen LogP contribution is 2.37. The SMILES string of the molecule is CCC[C@]1(CO)CN(c2cc(C)c3ccc(Cl)cc3n2)CC[C@@H]1O. The van der Waals surface area contributed by atoms with E-state index in [-0.39, 0.29) is 6.61 Å². The monoisotopic (exact) mass is 348 g/mol. The highest BCUT2D eigenvalue weighted by atomic mass is 35.5. The molecule has 1 fully saturated rings. The molecule has 2 aromatic rings. The number of piperidine rings is 1. The molecule has 1 aromatic carbocycles. The first kappa shape index (κ1) is 17.5. The van der Waals surface area contributed by atoms with Crippen LogP contribution in [0.4, 0.5) is 5.82 Å². The van der Waals surface area contributed by atoms with Crippen LogP contribution in [0, 0.1) is 12.3 Å². The number of anilines is 1. The second kappa shape index (κ2) is 6.87. The van der Waals surface area contributed by atoms with Gasteiger partial charge < -0.3 is 15.1 Å². The maximum atomic E-state index is 10.5. The fraction of sp³-hybridized carbons (Fsp3) is 0.526. The topological polar surface area (TPSA) is 56.6 Å². The fourth-order valence-electron chi connectivity index (χ4n) is 3.84. The van der Waals surface area contributed by atoms with Crippen LogP contribution in [0.3, 0.4) is 0 Å². The molecule has 0 unspecified atom stereocenters. The zero-order chi connectivity index (χ0) is 17.3. The Morgan fingerprint density at radius 2 is 2.17 bits per heavy atom. The molecular weight excluding hydrogens is 324 g/mol. The van der Waals surface area contributed by atoms with Crippen molar-refractivity contribution in [3.05, 3.63) is 34.9 Å². The van der Waals surface area contributed by atoms with E-state index < -0.39 is 11.5 Å². The molecule has 5 heteroatoms. The van der Waals surface area contributed by atoms with Gasteiger partial charge in [0.1, 0.15) is 5.82 Å². The highest BCUT2D eigenvalue weighted by Gasteiger charge is 2.42. The average molecular weight is 349 g/mol. The Labute approximate surface area is 148 Å². The number of benzene rings is 1. The van der Waals surface area contributed by atoms with E-state index in [1.165, 1.54) is 0 Å². The van der Waals surface area contributed by atoms with Crippen LogP contribution in [0.5, 0.6) is 0 Å². The Bertz CT molecular complexity index is 737. The van der Waals surface area contributed by atoms with Gasteiger partial charge in [0.05, 0.1) is 18.2 Å². The number of aliphatic hydroxyl groups excluding tert-OH is 2. The minimum absolute atomic E-state index is 0.00308. The summed E-state index contributed by atoms with van der Waals surface area (Å²) < 4.78 is 0. The molecule has 0 bridgehead atoms. The number of hydrogen-bond acceptors (Lipinski definition) is 4. The molecule has 0 saturated carbocycles. The van der Waals surface area contributed by atoms with Crippen molar-refractivity contribution in [3.8, 4) is 0 Å². The second-order valence-electron chi connectivity index (χ2n) is 6.96. The van der Waals surface area contributed by atoms with Crippen molar-refractivity contribution >= 4 is 28.3 Å². The number of halogens is 1. The van der Waals surface area contributed by atoms with Gasteiger partial charge in [-0.2, -0.15) is 0 Å². The summed E-state index contributed by atoms with van der Waals surface area (Å²) >= 11 is 6.12. The zero-order valence-electron chi connectivity index (χ0n) is 14.3. The molecule has 0 radical (unpaired) electrons. The third kappa shape index (κ3) is 3.10. The molecule has 4 nitrogen and oxygen atoms in total. The van der Waals surface area contributed by atoms with Crippen molar-refractivity contribution in [3.63, 3.8) is 0 Å². The number of rotatable bonds is 4. The van der Waals surface area contributed by atoms with Crippen LogP contribution in [0.25, 0.3) is 10.9 Å². The summed E-state index contributed by atoms with van der Waals surface area (Å²) in [7, 11) is 0. The summed E-state index contributed by atoms with van der Waals surface area (Å²) in [6, 6.07) is 7.85. The standard InChI is InChI=1S/C19H25ClN2O2/c1-3-7-19(12-23)11-22(8-6-17(19)24)18-9-13(2)15-5-4-14(20)10-16(15)21-18/h4-5,9-10,17,23-24H,3,6-8,11-12H2,1-2H3/t17-,19+/m0/s1. The van der Waals surface area contributed by atoms with E-state index in [9.17, 15) is 10.2 Å². The number of fused-ring (bicyclic) bond motifs is 1. The van der Waals surface area contributed by atoms with E-state index in [0.717, 1.165) is 41.7 Å². The molecule has 0 amide bonds. The average Bonchev–Trinajstić information content (AvgIpc) is 2.56. The number of aryl methyl sites for hydroxylation is 1. The molecule has 2 heterocycles. The summed E-state index contributed by atoms with van der Waals surface area (Å²) in [5, 5.41) is 22.2. The first-order chi connectivity index (χ1) is 11.5. The molecule has 3 rings (SSSR count). The van der Waals surface area contributed by atoms with Gasteiger partial charge >= 0.3 is 0 Å². The number of aliphatic hydroxyl groups is 2. The van der Waals surface area contributed by atoms with E-state index in [2.05, 4.69) is 24.8 Å². The maximum Gasteiger partial charge on any atom is 0.129 e. The van der Waals surface area contributed by atoms with Crippen LogP contribution < -0.4 is 4.90 Å². The van der Waals surface area contributed by atoms with Gasteiger partial charge in [-0.15, -0.1) is 0 Å². The van der Waals surface area contributed by atoms with Gasteiger partial charge in [-0.05, 0) is 43.5 Å². The number of pyridine rings is 1. The lowest BCUT2D eigenvalue weighted by atomic mass is 9.74. The van der Waals surface area contributed by atoms with E-state index >= 15 is 0 Å². The Hall–Kier alpha value is -1.36. The summed E-state index contributed by atoms with van der Waals surface area (Å²) in [5.74, 6) is 0.892. The van der Waals surface area contributed by atoms with E-state index in [0.29, 0.717) is 18.0 Å². The number of nitrogens with zero attached hydrogens (tertiary/aromatic N) is 2. The van der Waals surface area contributed by atoms with Crippen molar-refractivity contribution in [1.82, 2.24) is 4.98 Å². The third-order valence-electron chi connectivity index (χ3n) is 5.24. The predicted octanol–water partition coefficient (Wildman–Crippen LogP) is 3.55. The minimum atomic E-state index is -0.466. The van der Waals surface area contributed by atoms with Crippen LogP contribution in [-0.2, 0) is 0 Å². The Morgan fingerprint density at radius 1 is 1.38 bits per heavy atom. The fourth-order valence-corrected chi connectivity index (χ4v) is 4.01. The van der Waals surface area contributed by atoms with Crippen molar-refractivity contribution in [2.45, 2.75) is 39.2 Å². The van der Waals surface area contributed by atoms with Gasteiger partial charge in [-0.3, -0.25) is 0 Å². The van der Waals surface area contributed by atoms with Gasteiger partial charge in [0, 0.05) is 28.9 Å². The molecule has 130 valence electrons. The predicted molar refractivity (Wildman–Crippen MR) is 98.8 cm³/mol. The smallest absolute Gasteiger partial charge is 0.129 e. The van der Waals surface area contributed by atoms with Crippen LogP contribution in [0.15, 0.2) is 24.3 Å². The molecule has 1 aliphatic rings. The van der Waals surface area contributed by atoms with Gasteiger partial charge in [0.15, 0.2) is 0 Å². The largest absolute Gasteiger partial charge is 0.396 e. The molecular formula is C19H25ClN2O2. The molecule has 1 aliphatic heterocycles. The molecule has 1 aromatic heterocycles. The first-order valence-electron chi connectivity index (χ1n) is 8.60. The molecule has 24 heavy (non-hydrogen) atoms. The lowest BCUT2D eigenvalue weighted by Gasteiger charge is -2.45. The van der Waals surface area contributed by atoms with E-state index in [4.69, 9.17) is 16.6 Å². The number of aromatic nitrogens is 1. The van der Waals surface area contributed by atoms with Crippen LogP contribution >= 0.6 is 11.6 Å². The molecule has 2 N–H and O–H groups in total. The third-order valence-corrected chi connectivity index (χ3v) is 5.47. The van der Waals surface area contributed by atoms with Crippen LogP contribution in [0.1, 0.15) is 31.7 Å². The Kier molecular flexibility index (Phi) is 5.00. The van der Waals surface area contributed by atoms with E-state index in [1.807, 2.05) is 18.2 Å². The summed E-state index contributed by atoms with van der Waals surface area (Å²) in [6.45, 7) is 5.52. The van der Waals surface area contributed by atoms with Crippen LogP contribution in [0.2, 0.25) is 5.02 Å². The molecule has 0 spiro atoms. The maximum absolute atomic E-state index is 10.5. The van der Waals surface area contributed by atoms with Gasteiger partial charge in [-0.1, -0.05) is 31.0 Å². The Morgan fingerprint density at radius 3 is 2.88 bits per heavy atom. The van der Waals surface area contributed by atoms with Crippen molar-refractivity contribution < 1.29 is 10.2 Å². The first-order valence-corrected chi connectivity index (χ1v) is 8.97. The summed E-state index contributed by atoms with van der Waals surface area (Å²) in [6.07, 6.45) is 1.93. The molecule has 1 saturated heterocycles. The van der Waals surface area contributed by atoms with Gasteiger partial charge in [0.2, 0.25) is 0 Å². The van der Waals surface area contributed by atoms with Crippen molar-refractivity contribution in [2.75, 3.05) is 24.6 Å². The minimum Gasteiger partial charge on any atom is -0.396 e. The van der Waals surface area contributed by atoms with Crippen LogP contribution in [-0.4, -0.2) is 41.0 Å². The Balaban J connectivity index is 1.97. The van der Waals surface area contributed by atoms with E-state index in [1.54, 1.807) is 0 Å². The summed E-state index contributed by atoms with van der Waals surface area (Å²) in [4.78, 5) is 6.97.